The van der Waals surface area contributed by atoms with Crippen LogP contribution < -0.4 is 11.5 Å². The van der Waals surface area contributed by atoms with Gasteiger partial charge in [0.2, 0.25) is 0 Å². The van der Waals surface area contributed by atoms with E-state index < -0.39 is 0 Å². The van der Waals surface area contributed by atoms with Crippen LogP contribution >= 0.6 is 0 Å². The van der Waals surface area contributed by atoms with Gasteiger partial charge < -0.3 is 16.4 Å². The monoisotopic (exact) mass is 185 g/mol. The van der Waals surface area contributed by atoms with Crippen molar-refractivity contribution < 1.29 is 0 Å². The molecule has 0 aromatic rings. The van der Waals surface area contributed by atoms with Crippen molar-refractivity contribution in [3.05, 3.63) is 0 Å². The number of nitrogens with two attached hydrogens (primary N) is 2. The first-order chi connectivity index (χ1) is 6.09. The average molecular weight is 185 g/mol. The van der Waals surface area contributed by atoms with E-state index in [-0.39, 0.29) is 6.04 Å². The molecule has 0 saturated carbocycles. The van der Waals surface area contributed by atoms with Crippen LogP contribution in [0.1, 0.15) is 26.2 Å². The highest BCUT2D eigenvalue weighted by Crippen LogP contribution is 2.20. The van der Waals surface area contributed by atoms with E-state index >= 15 is 0 Å². The van der Waals surface area contributed by atoms with Crippen LogP contribution in [0.4, 0.5) is 0 Å². The second-order valence-electron chi connectivity index (χ2n) is 4.52. The number of rotatable bonds is 3. The van der Waals surface area contributed by atoms with E-state index in [0.29, 0.717) is 12.0 Å². The quantitative estimate of drug-likeness (QED) is 0.669. The number of piperidine rings is 1. The van der Waals surface area contributed by atoms with Crippen LogP contribution in [0.5, 0.6) is 0 Å². The Labute approximate surface area is 81.5 Å². The first-order valence-corrected chi connectivity index (χ1v) is 5.29. The van der Waals surface area contributed by atoms with Crippen LogP contribution in [0.3, 0.4) is 0 Å². The summed E-state index contributed by atoms with van der Waals surface area (Å²) in [5, 5.41) is 0. The zero-order valence-corrected chi connectivity index (χ0v) is 8.87. The van der Waals surface area contributed by atoms with E-state index in [1.54, 1.807) is 0 Å². The lowest BCUT2D eigenvalue weighted by Gasteiger charge is -2.33. The zero-order valence-electron chi connectivity index (χ0n) is 8.87. The largest absolute Gasteiger partial charge is 0.328 e. The summed E-state index contributed by atoms with van der Waals surface area (Å²) < 4.78 is 0. The Hall–Kier alpha value is -0.120. The fourth-order valence-corrected chi connectivity index (χ4v) is 2.08. The van der Waals surface area contributed by atoms with Crippen molar-refractivity contribution in [1.82, 2.24) is 4.90 Å². The van der Waals surface area contributed by atoms with Gasteiger partial charge in [0.05, 0.1) is 0 Å². The summed E-state index contributed by atoms with van der Waals surface area (Å²) in [4.78, 5) is 2.37. The van der Waals surface area contributed by atoms with Crippen molar-refractivity contribution >= 4 is 0 Å². The molecule has 0 aromatic heterocycles. The molecular formula is C10H23N3. The summed E-state index contributed by atoms with van der Waals surface area (Å²) in [7, 11) is 2.17. The van der Waals surface area contributed by atoms with Crippen molar-refractivity contribution in [2.75, 3.05) is 20.1 Å². The Morgan fingerprint density at radius 1 is 1.31 bits per heavy atom. The number of hydrogen-bond donors (Lipinski definition) is 2. The third-order valence-electron chi connectivity index (χ3n) is 3.01. The van der Waals surface area contributed by atoms with Gasteiger partial charge in [-0.3, -0.25) is 0 Å². The predicted octanol–water partition coefficient (Wildman–Crippen LogP) is 0.393. The van der Waals surface area contributed by atoms with Crippen molar-refractivity contribution in [2.24, 2.45) is 17.4 Å². The number of nitrogens with zero attached hydrogens (tertiary/aromatic N) is 1. The molecule has 78 valence electrons. The summed E-state index contributed by atoms with van der Waals surface area (Å²) in [6.07, 6.45) is 3.45. The second kappa shape index (κ2) is 4.94. The van der Waals surface area contributed by atoms with Gasteiger partial charge in [-0.2, -0.15) is 0 Å². The Kier molecular flexibility index (Phi) is 4.16. The third kappa shape index (κ3) is 3.63. The molecule has 1 heterocycles. The van der Waals surface area contributed by atoms with Gasteiger partial charge in [-0.1, -0.05) is 0 Å². The van der Waals surface area contributed by atoms with Gasteiger partial charge in [-0.05, 0) is 52.2 Å². The Morgan fingerprint density at radius 3 is 2.31 bits per heavy atom. The first-order valence-electron chi connectivity index (χ1n) is 5.29. The molecule has 0 aromatic carbocycles. The van der Waals surface area contributed by atoms with E-state index in [0.717, 1.165) is 6.42 Å². The summed E-state index contributed by atoms with van der Waals surface area (Å²) in [5.41, 5.74) is 11.8. The summed E-state index contributed by atoms with van der Waals surface area (Å²) in [6.45, 7) is 4.42. The van der Waals surface area contributed by atoms with Crippen molar-refractivity contribution in [1.29, 1.82) is 0 Å². The van der Waals surface area contributed by atoms with Crippen LogP contribution in [-0.2, 0) is 0 Å². The SMILES string of the molecule is CC(N)CC(N)C1CCN(C)CC1. The van der Waals surface area contributed by atoms with E-state index in [9.17, 15) is 0 Å². The van der Waals surface area contributed by atoms with Gasteiger partial charge in [0.1, 0.15) is 0 Å². The fraction of sp³-hybridized carbons (Fsp3) is 1.00. The molecule has 0 spiro atoms. The fourth-order valence-electron chi connectivity index (χ4n) is 2.08. The molecule has 0 amide bonds. The number of likely N-dealkylation sites (tertiary alicyclic amines) is 1. The molecule has 2 atom stereocenters. The maximum absolute atomic E-state index is 6.10. The molecule has 1 aliphatic heterocycles. The minimum absolute atomic E-state index is 0.245. The van der Waals surface area contributed by atoms with Gasteiger partial charge >= 0.3 is 0 Å². The molecule has 3 nitrogen and oxygen atoms in total. The van der Waals surface area contributed by atoms with Crippen LogP contribution in [0.2, 0.25) is 0 Å². The molecule has 4 N–H and O–H groups in total. The average Bonchev–Trinajstić information content (AvgIpc) is 2.04. The normalized spacial score (nSPS) is 25.8. The van der Waals surface area contributed by atoms with Crippen LogP contribution in [0.15, 0.2) is 0 Å². The summed E-state index contributed by atoms with van der Waals surface area (Å²) in [5.74, 6) is 0.696. The highest BCUT2D eigenvalue weighted by molar-refractivity contribution is 4.80. The summed E-state index contributed by atoms with van der Waals surface area (Å²) >= 11 is 0. The van der Waals surface area contributed by atoms with Crippen molar-refractivity contribution in [3.8, 4) is 0 Å². The smallest absolute Gasteiger partial charge is 0.00827 e. The van der Waals surface area contributed by atoms with E-state index in [4.69, 9.17) is 11.5 Å². The lowest BCUT2D eigenvalue weighted by molar-refractivity contribution is 0.192. The second-order valence-corrected chi connectivity index (χ2v) is 4.52. The molecule has 1 saturated heterocycles. The lowest BCUT2D eigenvalue weighted by Crippen LogP contribution is -2.41. The molecule has 0 aliphatic carbocycles. The van der Waals surface area contributed by atoms with Gasteiger partial charge in [-0.25, -0.2) is 0 Å². The standard InChI is InChI=1S/C10H23N3/c1-8(11)7-10(12)9-3-5-13(2)6-4-9/h8-10H,3-7,11-12H2,1-2H3. The molecule has 0 bridgehead atoms. The maximum Gasteiger partial charge on any atom is 0.00827 e. The highest BCUT2D eigenvalue weighted by atomic mass is 15.1. The molecular weight excluding hydrogens is 162 g/mol. The molecule has 1 fully saturated rings. The first kappa shape index (κ1) is 11.0. The molecule has 2 unspecified atom stereocenters. The Bertz CT molecular complexity index is 139. The molecule has 0 radical (unpaired) electrons. The minimum Gasteiger partial charge on any atom is -0.328 e. The number of hydrogen-bond acceptors (Lipinski definition) is 3. The van der Waals surface area contributed by atoms with E-state index in [2.05, 4.69) is 11.9 Å². The molecule has 3 heteroatoms. The van der Waals surface area contributed by atoms with Crippen LogP contribution in [-0.4, -0.2) is 37.1 Å². The van der Waals surface area contributed by atoms with Crippen LogP contribution in [0.25, 0.3) is 0 Å². The van der Waals surface area contributed by atoms with Crippen molar-refractivity contribution in [2.45, 2.75) is 38.3 Å². The van der Waals surface area contributed by atoms with Crippen molar-refractivity contribution in [3.63, 3.8) is 0 Å². The summed E-state index contributed by atoms with van der Waals surface area (Å²) in [6, 6.07) is 0.559. The van der Waals surface area contributed by atoms with Gasteiger partial charge in [0.15, 0.2) is 0 Å². The Balaban J connectivity index is 2.27. The van der Waals surface area contributed by atoms with Gasteiger partial charge in [0.25, 0.3) is 0 Å². The minimum atomic E-state index is 0.245. The predicted molar refractivity (Wildman–Crippen MR) is 56.5 cm³/mol. The Morgan fingerprint density at radius 2 is 1.85 bits per heavy atom. The lowest BCUT2D eigenvalue weighted by atomic mass is 9.87. The highest BCUT2D eigenvalue weighted by Gasteiger charge is 2.22. The third-order valence-corrected chi connectivity index (χ3v) is 3.01. The maximum atomic E-state index is 6.10. The topological polar surface area (TPSA) is 55.3 Å². The zero-order chi connectivity index (χ0) is 9.84. The van der Waals surface area contributed by atoms with Gasteiger partial charge in [0, 0.05) is 12.1 Å². The van der Waals surface area contributed by atoms with Gasteiger partial charge in [-0.15, -0.1) is 0 Å². The molecule has 1 aliphatic rings. The van der Waals surface area contributed by atoms with E-state index in [1.807, 2.05) is 6.92 Å². The molecule has 1 rings (SSSR count). The van der Waals surface area contributed by atoms with Crippen LogP contribution in [0, 0.1) is 5.92 Å². The molecule has 13 heavy (non-hydrogen) atoms. The van der Waals surface area contributed by atoms with E-state index in [1.165, 1.54) is 25.9 Å².